The summed E-state index contributed by atoms with van der Waals surface area (Å²) in [5.74, 6) is -0.378. The lowest BCUT2D eigenvalue weighted by Gasteiger charge is -2.20. The third-order valence-corrected chi connectivity index (χ3v) is 13.5. The van der Waals surface area contributed by atoms with Gasteiger partial charge in [-0.05, 0) is 51.4 Å². The van der Waals surface area contributed by atoms with E-state index >= 15 is 0 Å². The Morgan fingerprint density at radius 1 is 0.471 bits per heavy atom. The second-order valence-corrected chi connectivity index (χ2v) is 20.7. The van der Waals surface area contributed by atoms with Crippen molar-refractivity contribution in [2.45, 2.75) is 283 Å². The van der Waals surface area contributed by atoms with Gasteiger partial charge in [-0.25, -0.2) is 4.57 Å². The largest absolute Gasteiger partial charge is 0.472 e. The number of phosphoric ester groups is 1. The van der Waals surface area contributed by atoms with Crippen LogP contribution in [0.5, 0.6) is 0 Å². The zero-order valence-corrected chi connectivity index (χ0v) is 45.2. The Morgan fingerprint density at radius 3 is 1.26 bits per heavy atom. The Balaban J connectivity index is 3.99. The fraction of sp³-hybridized carbons (Fsp3) is 0.845. The van der Waals surface area contributed by atoms with Crippen molar-refractivity contribution >= 4 is 13.8 Å². The molecule has 3 unspecified atom stereocenters. The van der Waals surface area contributed by atoms with Crippen LogP contribution in [-0.2, 0) is 27.9 Å². The summed E-state index contributed by atoms with van der Waals surface area (Å²) in [7, 11) is -4.53. The molecular formula is C58H109O9P. The Kier molecular flexibility index (Phi) is 53.5. The van der Waals surface area contributed by atoms with Crippen molar-refractivity contribution in [3.05, 3.63) is 48.6 Å². The minimum Gasteiger partial charge on any atom is -0.457 e. The van der Waals surface area contributed by atoms with Gasteiger partial charge in [-0.3, -0.25) is 13.8 Å². The van der Waals surface area contributed by atoms with Crippen molar-refractivity contribution in [1.29, 1.82) is 0 Å². The average Bonchev–Trinajstić information content (AvgIpc) is 3.33. The normalized spacial score (nSPS) is 14.0. The molecule has 400 valence electrons. The first-order valence-corrected chi connectivity index (χ1v) is 30.1. The summed E-state index contributed by atoms with van der Waals surface area (Å²) in [6.45, 7) is 3.46. The van der Waals surface area contributed by atoms with Gasteiger partial charge in [0.25, 0.3) is 0 Å². The number of carbonyl (C=O) groups is 1. The molecule has 0 aromatic carbocycles. The van der Waals surface area contributed by atoms with Gasteiger partial charge in [-0.15, -0.1) is 0 Å². The highest BCUT2D eigenvalue weighted by Gasteiger charge is 2.26. The molecule has 0 amide bonds. The molecule has 0 spiro atoms. The Hall–Kier alpha value is -1.58. The van der Waals surface area contributed by atoms with E-state index in [1.54, 1.807) is 0 Å². The van der Waals surface area contributed by atoms with E-state index in [1.807, 2.05) is 0 Å². The number of carbonyl (C=O) groups excluding carboxylic acids is 1. The maximum absolute atomic E-state index is 12.7. The first-order chi connectivity index (χ1) is 33.3. The predicted octanol–water partition coefficient (Wildman–Crippen LogP) is 17.3. The monoisotopic (exact) mass is 981 g/mol. The van der Waals surface area contributed by atoms with Gasteiger partial charge in [0.1, 0.15) is 12.2 Å². The molecule has 0 saturated carbocycles. The first kappa shape index (κ1) is 66.4. The van der Waals surface area contributed by atoms with Gasteiger partial charge in [-0.1, -0.05) is 262 Å². The average molecular weight is 981 g/mol. The van der Waals surface area contributed by atoms with Crippen LogP contribution in [0.4, 0.5) is 0 Å². The number of ether oxygens (including phenoxy) is 2. The highest BCUT2D eigenvalue weighted by molar-refractivity contribution is 7.47. The third-order valence-electron chi connectivity index (χ3n) is 12.5. The fourth-order valence-electron chi connectivity index (χ4n) is 8.23. The van der Waals surface area contributed by atoms with Crippen molar-refractivity contribution in [3.63, 3.8) is 0 Å². The van der Waals surface area contributed by atoms with Gasteiger partial charge in [0.2, 0.25) is 0 Å². The number of hydrogen-bond donors (Lipinski definition) is 3. The van der Waals surface area contributed by atoms with E-state index in [-0.39, 0.29) is 25.6 Å². The molecular weight excluding hydrogens is 872 g/mol. The SMILES string of the molecule is CC/C=C\C/C=C\C/C=C\C/C=C\CCCCCCCCCCCCCOCC(COP(=O)(O)OCC(O)CO)OC(=O)CCCCCCCCCCCCCCCCCCCCCCCCC. The van der Waals surface area contributed by atoms with Crippen molar-refractivity contribution in [1.82, 2.24) is 0 Å². The van der Waals surface area contributed by atoms with Crippen molar-refractivity contribution in [2.24, 2.45) is 0 Å². The van der Waals surface area contributed by atoms with Gasteiger partial charge >= 0.3 is 13.8 Å². The highest BCUT2D eigenvalue weighted by Crippen LogP contribution is 2.43. The molecule has 3 N–H and O–H groups in total. The molecule has 0 saturated heterocycles. The van der Waals surface area contributed by atoms with Crippen LogP contribution in [0.25, 0.3) is 0 Å². The van der Waals surface area contributed by atoms with Gasteiger partial charge in [0.05, 0.1) is 26.4 Å². The van der Waals surface area contributed by atoms with Crippen LogP contribution >= 0.6 is 7.82 Å². The number of unbranched alkanes of at least 4 members (excludes halogenated alkanes) is 33. The van der Waals surface area contributed by atoms with Gasteiger partial charge < -0.3 is 24.6 Å². The quantitative estimate of drug-likeness (QED) is 0.0236. The summed E-state index contributed by atoms with van der Waals surface area (Å²) < 4.78 is 33.6. The maximum Gasteiger partial charge on any atom is 0.472 e. The van der Waals surface area contributed by atoms with Gasteiger partial charge in [-0.2, -0.15) is 0 Å². The molecule has 0 aliphatic rings. The van der Waals surface area contributed by atoms with Crippen LogP contribution < -0.4 is 0 Å². The molecule has 0 heterocycles. The number of esters is 1. The lowest BCUT2D eigenvalue weighted by molar-refractivity contribution is -0.154. The van der Waals surface area contributed by atoms with Gasteiger partial charge in [0, 0.05) is 13.0 Å². The smallest absolute Gasteiger partial charge is 0.457 e. The lowest BCUT2D eigenvalue weighted by Crippen LogP contribution is -2.29. The number of aliphatic hydroxyl groups is 2. The zero-order chi connectivity index (χ0) is 49.5. The molecule has 0 radical (unpaired) electrons. The zero-order valence-electron chi connectivity index (χ0n) is 44.3. The number of rotatable bonds is 55. The van der Waals surface area contributed by atoms with Crippen molar-refractivity contribution in [3.8, 4) is 0 Å². The first-order valence-electron chi connectivity index (χ1n) is 28.6. The highest BCUT2D eigenvalue weighted by atomic mass is 31.2. The molecule has 0 rings (SSSR count). The number of aliphatic hydroxyl groups excluding tert-OH is 2. The lowest BCUT2D eigenvalue weighted by atomic mass is 10.0. The summed E-state index contributed by atoms with van der Waals surface area (Å²) >= 11 is 0. The maximum atomic E-state index is 12.7. The molecule has 0 aliphatic heterocycles. The summed E-state index contributed by atoms with van der Waals surface area (Å²) in [6, 6.07) is 0. The molecule has 10 heteroatoms. The summed E-state index contributed by atoms with van der Waals surface area (Å²) in [6.07, 6.45) is 65.2. The van der Waals surface area contributed by atoms with Crippen LogP contribution in [0.1, 0.15) is 271 Å². The van der Waals surface area contributed by atoms with Crippen LogP contribution in [0, 0.1) is 0 Å². The number of phosphoric acid groups is 1. The Morgan fingerprint density at radius 2 is 0.838 bits per heavy atom. The fourth-order valence-corrected chi connectivity index (χ4v) is 9.02. The van der Waals surface area contributed by atoms with Gasteiger partial charge in [0.15, 0.2) is 0 Å². The van der Waals surface area contributed by atoms with Crippen molar-refractivity contribution < 1.29 is 43.0 Å². The summed E-state index contributed by atoms with van der Waals surface area (Å²) in [4.78, 5) is 22.8. The molecule has 0 aliphatic carbocycles. The Labute approximate surface area is 419 Å². The van der Waals surface area contributed by atoms with E-state index in [9.17, 15) is 19.4 Å². The van der Waals surface area contributed by atoms with E-state index < -0.39 is 33.2 Å². The summed E-state index contributed by atoms with van der Waals surface area (Å²) in [5.41, 5.74) is 0. The predicted molar refractivity (Wildman–Crippen MR) is 288 cm³/mol. The Bertz CT molecular complexity index is 1200. The molecule has 0 aromatic heterocycles. The molecule has 0 aromatic rings. The topological polar surface area (TPSA) is 132 Å². The molecule has 68 heavy (non-hydrogen) atoms. The van der Waals surface area contributed by atoms with Crippen LogP contribution in [0.15, 0.2) is 48.6 Å². The third kappa shape index (κ3) is 53.8. The van der Waals surface area contributed by atoms with Crippen molar-refractivity contribution in [2.75, 3.05) is 33.0 Å². The van der Waals surface area contributed by atoms with E-state index in [0.29, 0.717) is 6.61 Å². The minimum absolute atomic E-state index is 0.0495. The molecule has 3 atom stereocenters. The van der Waals surface area contributed by atoms with E-state index in [0.717, 1.165) is 64.2 Å². The van der Waals surface area contributed by atoms with Crippen LogP contribution in [0.2, 0.25) is 0 Å². The van der Waals surface area contributed by atoms with Crippen LogP contribution in [-0.4, -0.2) is 66.3 Å². The van der Waals surface area contributed by atoms with E-state index in [4.69, 9.17) is 23.6 Å². The van der Waals surface area contributed by atoms with E-state index in [2.05, 4.69) is 62.5 Å². The van der Waals surface area contributed by atoms with Crippen LogP contribution in [0.3, 0.4) is 0 Å². The number of hydrogen-bond acceptors (Lipinski definition) is 8. The molecule has 0 fully saturated rings. The molecule has 0 bridgehead atoms. The summed E-state index contributed by atoms with van der Waals surface area (Å²) in [5, 5.41) is 18.5. The molecule has 9 nitrogen and oxygen atoms in total. The number of allylic oxidation sites excluding steroid dienone is 8. The second kappa shape index (κ2) is 54.7. The minimum atomic E-state index is -4.53. The standard InChI is InChI=1S/C58H109O9P/c1-3-5-7-9-11-13-15-17-19-21-23-25-27-29-31-33-35-37-39-41-43-45-47-49-51-64-54-57(55-66-68(62,63)65-53-56(60)52-59)67-58(61)50-48-46-44-42-40-38-36-34-32-30-28-26-24-22-20-18-16-14-12-10-8-6-4-2/h5,7,11,13,17,19,23,25,56-57,59-60H,3-4,6,8-10,12,14-16,18,20-22,24,26-55H2,1-2H3,(H,62,63)/b7-5-,13-11-,19-17-,25-23-. The van der Waals surface area contributed by atoms with E-state index in [1.165, 1.54) is 186 Å². The second-order valence-electron chi connectivity index (χ2n) is 19.3.